The quantitative estimate of drug-likeness (QED) is 0.713. The van der Waals surface area contributed by atoms with Crippen LogP contribution < -0.4 is 10.2 Å². The molecule has 2 atom stereocenters. The molecule has 0 spiro atoms. The number of thioether (sulfide) groups is 1. The summed E-state index contributed by atoms with van der Waals surface area (Å²) in [4.78, 5) is 37.8. The van der Waals surface area contributed by atoms with Crippen molar-refractivity contribution >= 4 is 50.8 Å². The summed E-state index contributed by atoms with van der Waals surface area (Å²) in [6.45, 7) is 1.31. The van der Waals surface area contributed by atoms with Gasteiger partial charge < -0.3 is 10.1 Å². The zero-order valence-electron chi connectivity index (χ0n) is 14.7. The number of rotatable bonds is 5. The highest BCUT2D eigenvalue weighted by Crippen LogP contribution is 2.29. The third kappa shape index (κ3) is 4.81. The zero-order chi connectivity index (χ0) is 19.6. The molecule has 1 aromatic carbocycles. The first kappa shape index (κ1) is 19.7. The molecule has 0 aliphatic carbocycles. The van der Waals surface area contributed by atoms with Gasteiger partial charge in [0.05, 0.1) is 28.6 Å². The number of hydrogen-bond acceptors (Lipinski definition) is 7. The van der Waals surface area contributed by atoms with E-state index in [-0.39, 0.29) is 35.0 Å². The van der Waals surface area contributed by atoms with Gasteiger partial charge in [0.15, 0.2) is 15.9 Å². The van der Waals surface area contributed by atoms with E-state index in [4.69, 9.17) is 4.74 Å². The molecule has 0 aromatic heterocycles. The highest BCUT2D eigenvalue weighted by atomic mass is 32.2. The number of benzene rings is 1. The van der Waals surface area contributed by atoms with Gasteiger partial charge in [-0.25, -0.2) is 8.42 Å². The molecule has 10 heteroatoms. The average Bonchev–Trinajstić information content (AvgIpc) is 2.97. The summed E-state index contributed by atoms with van der Waals surface area (Å²) in [6, 6.07) is 6.89. The summed E-state index contributed by atoms with van der Waals surface area (Å²) in [5.74, 6) is -1.20. The molecule has 1 fully saturated rings. The van der Waals surface area contributed by atoms with Gasteiger partial charge in [0, 0.05) is 5.25 Å². The average molecular weight is 412 g/mol. The van der Waals surface area contributed by atoms with Gasteiger partial charge in [-0.05, 0) is 25.5 Å². The maximum absolute atomic E-state index is 12.7. The number of sulfone groups is 1. The van der Waals surface area contributed by atoms with E-state index in [1.54, 1.807) is 24.3 Å². The van der Waals surface area contributed by atoms with Gasteiger partial charge in [-0.1, -0.05) is 12.1 Å². The molecule has 1 saturated heterocycles. The van der Waals surface area contributed by atoms with Crippen LogP contribution in [0.25, 0.3) is 0 Å². The first-order chi connectivity index (χ1) is 12.7. The minimum atomic E-state index is -3.00. The summed E-state index contributed by atoms with van der Waals surface area (Å²) in [6.07, 6.45) is -0.529. The molecule has 0 radical (unpaired) electrons. The summed E-state index contributed by atoms with van der Waals surface area (Å²) < 4.78 is 28.1. The van der Waals surface area contributed by atoms with Crippen molar-refractivity contribution in [3.8, 4) is 0 Å². The van der Waals surface area contributed by atoms with Crippen molar-refractivity contribution in [1.29, 1.82) is 0 Å². The standard InChI is InChI=1S/C17H20N2O6S2/c1-11(25-16(21)9-26-12-6-7-27(23,24)10-12)17(22)19-8-15(20)18-13-4-2-3-5-14(13)19/h2-5,11-12H,6-10H2,1H3,(H,18,20)/t11-,12-/m0/s1. The lowest BCUT2D eigenvalue weighted by molar-refractivity contribution is -0.151. The molecule has 146 valence electrons. The zero-order valence-corrected chi connectivity index (χ0v) is 16.3. The summed E-state index contributed by atoms with van der Waals surface area (Å²) in [5, 5.41) is 2.57. The molecule has 2 amide bonds. The second-order valence-electron chi connectivity index (χ2n) is 6.46. The van der Waals surface area contributed by atoms with E-state index in [1.807, 2.05) is 0 Å². The van der Waals surface area contributed by atoms with Crippen molar-refractivity contribution in [3.05, 3.63) is 24.3 Å². The van der Waals surface area contributed by atoms with Gasteiger partial charge in [-0.15, -0.1) is 11.8 Å². The molecule has 1 N–H and O–H groups in total. The maximum atomic E-state index is 12.7. The number of amides is 2. The predicted molar refractivity (Wildman–Crippen MR) is 102 cm³/mol. The van der Waals surface area contributed by atoms with E-state index in [0.29, 0.717) is 17.8 Å². The predicted octanol–water partition coefficient (Wildman–Crippen LogP) is 0.824. The normalized spacial score (nSPS) is 21.9. The number of para-hydroxylation sites is 2. The minimum absolute atomic E-state index is 0.0190. The third-order valence-electron chi connectivity index (χ3n) is 4.32. The monoisotopic (exact) mass is 412 g/mol. The molecule has 8 nitrogen and oxygen atoms in total. The number of nitrogens with one attached hydrogen (secondary N) is 1. The van der Waals surface area contributed by atoms with E-state index in [0.717, 1.165) is 0 Å². The van der Waals surface area contributed by atoms with Crippen LogP contribution in [0, 0.1) is 0 Å². The Balaban J connectivity index is 1.56. The Morgan fingerprint density at radius 2 is 2.11 bits per heavy atom. The first-order valence-electron chi connectivity index (χ1n) is 8.47. The fourth-order valence-corrected chi connectivity index (χ4v) is 6.43. The van der Waals surface area contributed by atoms with E-state index in [1.165, 1.54) is 23.6 Å². The molecule has 0 saturated carbocycles. The smallest absolute Gasteiger partial charge is 0.316 e. The molecular formula is C17H20N2O6S2. The number of carbonyl (C=O) groups is 3. The molecular weight excluding hydrogens is 392 g/mol. The SMILES string of the molecule is C[C@H](OC(=O)CS[C@H]1CCS(=O)(=O)C1)C(=O)N1CC(=O)Nc2ccccc21. The topological polar surface area (TPSA) is 110 Å². The number of nitrogens with zero attached hydrogens (tertiary/aromatic N) is 1. The van der Waals surface area contributed by atoms with E-state index >= 15 is 0 Å². The van der Waals surface area contributed by atoms with Gasteiger partial charge in [-0.3, -0.25) is 19.3 Å². The van der Waals surface area contributed by atoms with Gasteiger partial charge in [0.1, 0.15) is 6.54 Å². The van der Waals surface area contributed by atoms with Crippen LogP contribution in [0.4, 0.5) is 11.4 Å². The Bertz CT molecular complexity index is 870. The van der Waals surface area contributed by atoms with Crippen molar-refractivity contribution in [2.24, 2.45) is 0 Å². The third-order valence-corrected chi connectivity index (χ3v) is 7.58. The van der Waals surface area contributed by atoms with Crippen molar-refractivity contribution < 1.29 is 27.5 Å². The van der Waals surface area contributed by atoms with E-state index < -0.39 is 27.8 Å². The number of anilines is 2. The van der Waals surface area contributed by atoms with Gasteiger partial charge in [-0.2, -0.15) is 0 Å². The van der Waals surface area contributed by atoms with Crippen LogP contribution in [0.3, 0.4) is 0 Å². The number of esters is 1. The van der Waals surface area contributed by atoms with Crippen LogP contribution in [-0.4, -0.2) is 61.4 Å². The Hall–Kier alpha value is -2.07. The van der Waals surface area contributed by atoms with Gasteiger partial charge in [0.2, 0.25) is 5.91 Å². The maximum Gasteiger partial charge on any atom is 0.316 e. The fraction of sp³-hybridized carbons (Fsp3) is 0.471. The Kier molecular flexibility index (Phi) is 5.75. The summed E-state index contributed by atoms with van der Waals surface area (Å²) in [7, 11) is -3.00. The largest absolute Gasteiger partial charge is 0.452 e. The molecule has 0 unspecified atom stereocenters. The highest BCUT2D eigenvalue weighted by Gasteiger charge is 2.32. The van der Waals surface area contributed by atoms with Gasteiger partial charge in [0.25, 0.3) is 5.91 Å². The lowest BCUT2D eigenvalue weighted by Crippen LogP contribution is -2.47. The molecule has 2 aliphatic heterocycles. The molecule has 2 heterocycles. The Labute approximate surface area is 161 Å². The molecule has 0 bridgehead atoms. The van der Waals surface area contributed by atoms with Crippen molar-refractivity contribution in [3.63, 3.8) is 0 Å². The van der Waals surface area contributed by atoms with Crippen LogP contribution in [-0.2, 0) is 29.0 Å². The van der Waals surface area contributed by atoms with Crippen LogP contribution in [0.5, 0.6) is 0 Å². The van der Waals surface area contributed by atoms with Gasteiger partial charge >= 0.3 is 5.97 Å². The molecule has 1 aromatic rings. The number of carbonyl (C=O) groups excluding carboxylic acids is 3. The highest BCUT2D eigenvalue weighted by molar-refractivity contribution is 8.02. The Morgan fingerprint density at radius 3 is 2.81 bits per heavy atom. The van der Waals surface area contributed by atoms with Crippen molar-refractivity contribution in [1.82, 2.24) is 0 Å². The summed E-state index contributed by atoms with van der Waals surface area (Å²) in [5.41, 5.74) is 1.08. The lowest BCUT2D eigenvalue weighted by atomic mass is 10.1. The van der Waals surface area contributed by atoms with E-state index in [2.05, 4.69) is 5.32 Å². The molecule has 2 aliphatic rings. The minimum Gasteiger partial charge on any atom is -0.452 e. The molecule has 27 heavy (non-hydrogen) atoms. The second kappa shape index (κ2) is 7.89. The van der Waals surface area contributed by atoms with Crippen LogP contribution in [0.1, 0.15) is 13.3 Å². The molecule has 3 rings (SSSR count). The lowest BCUT2D eigenvalue weighted by Gasteiger charge is -2.30. The van der Waals surface area contributed by atoms with E-state index in [9.17, 15) is 22.8 Å². The van der Waals surface area contributed by atoms with Crippen LogP contribution >= 0.6 is 11.8 Å². The fourth-order valence-electron chi connectivity index (χ4n) is 3.01. The van der Waals surface area contributed by atoms with Crippen molar-refractivity contribution in [2.45, 2.75) is 24.7 Å². The van der Waals surface area contributed by atoms with Crippen LogP contribution in [0.2, 0.25) is 0 Å². The van der Waals surface area contributed by atoms with Crippen molar-refractivity contribution in [2.75, 3.05) is 34.0 Å². The second-order valence-corrected chi connectivity index (χ2v) is 9.98. The number of ether oxygens (including phenoxy) is 1. The first-order valence-corrected chi connectivity index (χ1v) is 11.3. The summed E-state index contributed by atoms with van der Waals surface area (Å²) >= 11 is 1.23. The Morgan fingerprint density at radius 1 is 1.37 bits per heavy atom. The number of fused-ring (bicyclic) bond motifs is 1. The number of hydrogen-bond donors (Lipinski definition) is 1. The van der Waals surface area contributed by atoms with Crippen LogP contribution in [0.15, 0.2) is 24.3 Å².